The first-order valence-electron chi connectivity index (χ1n) is 23.3. The normalized spacial score (nSPS) is 12.1. The molecular weight excluding hydrogens is 1100 g/mol. The maximum absolute atomic E-state index is 9.60. The summed E-state index contributed by atoms with van der Waals surface area (Å²) in [6, 6.07) is 63.6. The number of nitrogens with zero attached hydrogens (tertiary/aromatic N) is 4. The first-order chi connectivity index (χ1) is 32.2. The zero-order chi connectivity index (χ0) is 47.0. The molecule has 10 aromatic rings. The largest absolute Gasteiger partial charge is 0.304 e. The first-order valence-corrected chi connectivity index (χ1v) is 24.6. The van der Waals surface area contributed by atoms with Crippen molar-refractivity contribution in [3.05, 3.63) is 198 Å². The quantitative estimate of drug-likeness (QED) is 0.113. The molecule has 66 heavy (non-hydrogen) atoms. The van der Waals surface area contributed by atoms with Crippen molar-refractivity contribution in [2.45, 2.75) is 66.7 Å². The molecule has 10 rings (SSSR count). The molecule has 0 aliphatic heterocycles. The van der Waals surface area contributed by atoms with Crippen LogP contribution < -0.4 is 0 Å². The van der Waals surface area contributed by atoms with Gasteiger partial charge in [0, 0.05) is 29.0 Å². The van der Waals surface area contributed by atoms with Crippen molar-refractivity contribution in [2.75, 3.05) is 0 Å². The Kier molecular flexibility index (Phi) is 13.3. The minimum absolute atomic E-state index is 0. The van der Waals surface area contributed by atoms with Gasteiger partial charge in [-0.1, -0.05) is 63.2 Å². The maximum Gasteiger partial charge on any atom is 0.0322 e. The Labute approximate surface area is 415 Å². The summed E-state index contributed by atoms with van der Waals surface area (Å²) in [6.07, 6.45) is 0.223. The average molecular weight is 1150 g/mol. The number of hydrogen-bond donors (Lipinski definition) is 0. The third-order valence-electron chi connectivity index (χ3n) is 11.6. The van der Waals surface area contributed by atoms with Gasteiger partial charge in [-0.3, -0.25) is 0 Å². The van der Waals surface area contributed by atoms with E-state index in [1.54, 1.807) is 6.20 Å². The number of rotatable bonds is 8. The number of aromatic nitrogens is 3. The second kappa shape index (κ2) is 19.9. The Balaban J connectivity index is 0.000000263. The van der Waals surface area contributed by atoms with Gasteiger partial charge in [0.25, 0.3) is 0 Å². The number of benzene rings is 7. The van der Waals surface area contributed by atoms with E-state index in [1.807, 2.05) is 69.3 Å². The number of nitriles is 1. The molecule has 0 atom stereocenters. The van der Waals surface area contributed by atoms with Gasteiger partial charge in [-0.15, -0.1) is 35.9 Å². The Hall–Kier alpha value is -5.91. The van der Waals surface area contributed by atoms with Crippen molar-refractivity contribution >= 4 is 49.0 Å². The van der Waals surface area contributed by atoms with E-state index in [2.05, 4.69) is 165 Å². The standard InChI is InChI=1S/C44H34N3Te.C16H18N.Ir/c1-27(2)37-24-33(32-20-18-31(19-21-32)30-11-6-5-7-12-30)25-38(28(3)4)42(37)47-40-16-9-8-15-39(40)46-44(47)36-14-10-13-35-34-22-17-29(26-45)23-41(34)48-43(35)36;1-16(2,3)11-13-9-10-15(17-12-13)14-7-5-4-6-8-14;/h5-13,15-25,27-28H,1-4H3;4-7,9-10,12H,11H2,1-3H3;/q2*-1;/i;11D2;. The zero-order valence-electron chi connectivity index (χ0n) is 40.3. The van der Waals surface area contributed by atoms with Crippen molar-refractivity contribution in [3.8, 4) is 56.7 Å². The van der Waals surface area contributed by atoms with Gasteiger partial charge >= 0.3 is 257 Å². The Bertz CT molecular complexity index is 3390. The number of pyridine rings is 1. The summed E-state index contributed by atoms with van der Waals surface area (Å²) in [7, 11) is 0. The summed E-state index contributed by atoms with van der Waals surface area (Å²) in [5.41, 5.74) is 14.5. The molecule has 0 N–H and O–H groups in total. The van der Waals surface area contributed by atoms with E-state index in [9.17, 15) is 5.26 Å². The van der Waals surface area contributed by atoms with Gasteiger partial charge in [-0.2, -0.15) is 0 Å². The molecule has 0 saturated carbocycles. The van der Waals surface area contributed by atoms with Crippen LogP contribution in [0.25, 0.3) is 79.2 Å². The van der Waals surface area contributed by atoms with Gasteiger partial charge in [-0.05, 0) is 28.6 Å². The average Bonchev–Trinajstić information content (AvgIpc) is 3.92. The van der Waals surface area contributed by atoms with Crippen molar-refractivity contribution < 1.29 is 22.8 Å². The summed E-state index contributed by atoms with van der Waals surface area (Å²) in [5, 5.41) is 12.1. The van der Waals surface area contributed by atoms with Gasteiger partial charge in [0.1, 0.15) is 0 Å². The van der Waals surface area contributed by atoms with Crippen LogP contribution in [0.1, 0.15) is 85.3 Å². The van der Waals surface area contributed by atoms with Crippen molar-refractivity contribution in [1.29, 1.82) is 5.26 Å². The minimum Gasteiger partial charge on any atom is -0.304 e. The Morgan fingerprint density at radius 3 is 2.00 bits per heavy atom. The zero-order valence-corrected chi connectivity index (χ0v) is 43.0. The van der Waals surface area contributed by atoms with E-state index in [-0.39, 0.29) is 31.9 Å². The molecule has 0 bridgehead atoms. The van der Waals surface area contributed by atoms with Gasteiger partial charge in [0.15, 0.2) is 0 Å². The van der Waals surface area contributed by atoms with Gasteiger partial charge in [-0.25, -0.2) is 0 Å². The molecule has 329 valence electrons. The number of hydrogen-bond acceptors (Lipinski definition) is 3. The number of para-hydroxylation sites is 2. The van der Waals surface area contributed by atoms with Crippen LogP contribution >= 0.6 is 0 Å². The smallest absolute Gasteiger partial charge is 0.0322 e. The fourth-order valence-corrected chi connectivity index (χ4v) is 12.0. The monoisotopic (exact) mass is 1150 g/mol. The van der Waals surface area contributed by atoms with E-state index in [4.69, 9.17) is 7.73 Å². The topological polar surface area (TPSA) is 54.5 Å². The van der Waals surface area contributed by atoms with Crippen molar-refractivity contribution in [2.24, 2.45) is 5.41 Å². The molecule has 0 amide bonds. The van der Waals surface area contributed by atoms with Crippen LogP contribution in [0.2, 0.25) is 0 Å². The van der Waals surface area contributed by atoms with Crippen LogP contribution in [-0.4, -0.2) is 35.0 Å². The second-order valence-electron chi connectivity index (χ2n) is 18.1. The summed E-state index contributed by atoms with van der Waals surface area (Å²) in [5.74, 6) is 1.50. The minimum atomic E-state index is -1.40. The Morgan fingerprint density at radius 1 is 0.697 bits per heavy atom. The predicted octanol–water partition coefficient (Wildman–Crippen LogP) is 15.4. The van der Waals surface area contributed by atoms with Gasteiger partial charge in [0.05, 0.1) is 0 Å². The van der Waals surface area contributed by atoms with Crippen LogP contribution in [0.15, 0.2) is 164 Å². The predicted molar refractivity (Wildman–Crippen MR) is 273 cm³/mol. The fraction of sp³-hybridized carbons (Fsp3) is 0.183. The SMILES string of the molecule is CC(C)c1cc(-c2ccc(-c3ccccc3)cc2)cc(C(C)C)c1-n1c(-c2[c-]ccc3c2[te]c2cc(C#N)ccc23)nc2ccccc21.[2H]C([2H])(c1ccc(-c2[c-]cccc2)nc1)C(C)(C)C.[Ir]. The Morgan fingerprint density at radius 2 is 1.36 bits per heavy atom. The number of imidazole rings is 1. The molecule has 0 spiro atoms. The molecule has 0 saturated heterocycles. The summed E-state index contributed by atoms with van der Waals surface area (Å²) >= 11 is -0.744. The third-order valence-corrected chi connectivity index (χ3v) is 15.0. The summed E-state index contributed by atoms with van der Waals surface area (Å²) in [6.45, 7) is 14.9. The molecule has 7 aromatic carbocycles. The maximum atomic E-state index is 9.60. The van der Waals surface area contributed by atoms with Crippen molar-refractivity contribution in [1.82, 2.24) is 14.5 Å². The van der Waals surface area contributed by atoms with E-state index >= 15 is 0 Å². The van der Waals surface area contributed by atoms with Crippen LogP contribution in [-0.2, 0) is 26.5 Å². The van der Waals surface area contributed by atoms with Crippen LogP contribution in [0.5, 0.6) is 0 Å². The molecule has 4 nitrogen and oxygen atoms in total. The van der Waals surface area contributed by atoms with E-state index in [0.717, 1.165) is 39.2 Å². The van der Waals surface area contributed by atoms with E-state index in [0.29, 0.717) is 5.56 Å². The van der Waals surface area contributed by atoms with Gasteiger partial charge < -0.3 is 4.98 Å². The van der Waals surface area contributed by atoms with E-state index < -0.39 is 32.2 Å². The summed E-state index contributed by atoms with van der Waals surface area (Å²) < 4.78 is 21.5. The van der Waals surface area contributed by atoms with Crippen LogP contribution in [0.3, 0.4) is 0 Å². The molecule has 6 heteroatoms. The van der Waals surface area contributed by atoms with Crippen LogP contribution in [0.4, 0.5) is 0 Å². The number of fused-ring (bicyclic) bond motifs is 4. The molecule has 0 aliphatic rings. The molecule has 0 aliphatic carbocycles. The molecule has 0 fully saturated rings. The molecule has 1 radical (unpaired) electrons. The first kappa shape index (κ1) is 44.0. The van der Waals surface area contributed by atoms with Crippen LogP contribution in [0, 0.1) is 28.9 Å². The van der Waals surface area contributed by atoms with E-state index in [1.165, 1.54) is 56.6 Å². The molecular formula is C60H52IrN4Te-2. The summed E-state index contributed by atoms with van der Waals surface area (Å²) in [4.78, 5) is 9.71. The second-order valence-corrected chi connectivity index (χ2v) is 21.1. The van der Waals surface area contributed by atoms with Gasteiger partial charge in [0.2, 0.25) is 0 Å². The third kappa shape index (κ3) is 9.79. The molecule has 3 heterocycles. The van der Waals surface area contributed by atoms with Crippen molar-refractivity contribution in [3.63, 3.8) is 0 Å². The molecule has 3 aromatic heterocycles. The molecule has 0 unspecified atom stereocenters. The fourth-order valence-electron chi connectivity index (χ4n) is 8.48.